The van der Waals surface area contributed by atoms with Crippen molar-refractivity contribution in [1.29, 1.82) is 0 Å². The lowest BCUT2D eigenvalue weighted by atomic mass is 9.85. The fraction of sp³-hybridized carbons (Fsp3) is 0.800. The Morgan fingerprint density at radius 2 is 1.53 bits per heavy atom. The largest absolute Gasteiger partial charge is 0.410 e. The van der Waals surface area contributed by atoms with Crippen LogP contribution in [-0.2, 0) is 14.0 Å². The number of carbonyl (C=O) groups is 2. The van der Waals surface area contributed by atoms with Gasteiger partial charge in [-0.1, -0.05) is 106 Å². The molecule has 4 nitrogen and oxygen atoms in total. The Morgan fingerprint density at radius 1 is 1.03 bits per heavy atom. The van der Waals surface area contributed by atoms with E-state index in [4.69, 9.17) is 4.43 Å². The quantitative estimate of drug-likeness (QED) is 0.188. The van der Waals surface area contributed by atoms with Gasteiger partial charge in [0.05, 0.1) is 18.1 Å². The van der Waals surface area contributed by atoms with E-state index in [1.807, 2.05) is 54.5 Å². The van der Waals surface area contributed by atoms with Gasteiger partial charge in [-0.05, 0) is 49.4 Å². The normalized spacial score (nSPS) is 18.7. The molecule has 36 heavy (non-hydrogen) atoms. The first kappa shape index (κ1) is 35.3. The van der Waals surface area contributed by atoms with Crippen molar-refractivity contribution in [1.82, 2.24) is 0 Å². The summed E-state index contributed by atoms with van der Waals surface area (Å²) in [5.74, 6) is -0.943. The van der Waals surface area contributed by atoms with Crippen molar-refractivity contribution in [2.24, 2.45) is 23.7 Å². The molecular formula is C30H56O4SSi. The molecule has 0 radical (unpaired) electrons. The third-order valence-electron chi connectivity index (χ3n) is 7.49. The van der Waals surface area contributed by atoms with Crippen molar-refractivity contribution in [3.63, 3.8) is 0 Å². The van der Waals surface area contributed by atoms with Gasteiger partial charge in [-0.15, -0.1) is 0 Å². The van der Waals surface area contributed by atoms with Crippen LogP contribution < -0.4 is 0 Å². The van der Waals surface area contributed by atoms with Crippen LogP contribution >= 0.6 is 11.8 Å². The molecule has 210 valence electrons. The van der Waals surface area contributed by atoms with Gasteiger partial charge < -0.3 is 9.53 Å². The van der Waals surface area contributed by atoms with Gasteiger partial charge in [0.15, 0.2) is 13.4 Å². The van der Waals surface area contributed by atoms with Crippen molar-refractivity contribution in [3.05, 3.63) is 23.8 Å². The minimum absolute atomic E-state index is 0.0183. The predicted molar refractivity (Wildman–Crippen MR) is 160 cm³/mol. The number of aliphatic hydroxyl groups is 1. The summed E-state index contributed by atoms with van der Waals surface area (Å²) in [6, 6.07) is 0. The molecule has 0 bridgehead atoms. The molecule has 0 aromatic carbocycles. The van der Waals surface area contributed by atoms with E-state index in [1.165, 1.54) is 11.8 Å². The Morgan fingerprint density at radius 3 is 1.94 bits per heavy atom. The van der Waals surface area contributed by atoms with Crippen molar-refractivity contribution < 1.29 is 19.1 Å². The number of hydrogen-bond donors (Lipinski definition) is 1. The maximum absolute atomic E-state index is 13.5. The van der Waals surface area contributed by atoms with Gasteiger partial charge >= 0.3 is 0 Å². The Balaban J connectivity index is 5.46. The topological polar surface area (TPSA) is 63.6 Å². The summed E-state index contributed by atoms with van der Waals surface area (Å²) in [6.07, 6.45) is 2.41. The average Bonchev–Trinajstić information content (AvgIpc) is 2.72. The molecule has 0 heterocycles. The zero-order valence-corrected chi connectivity index (χ0v) is 27.6. The summed E-state index contributed by atoms with van der Waals surface area (Å²) < 4.78 is 6.53. The van der Waals surface area contributed by atoms with E-state index < -0.39 is 20.3 Å². The zero-order valence-electron chi connectivity index (χ0n) is 25.7. The second-order valence-electron chi connectivity index (χ2n) is 13.3. The smallest absolute Gasteiger partial charge is 0.194 e. The summed E-state index contributed by atoms with van der Waals surface area (Å²) in [5, 5.41) is 10.9. The number of allylic oxidation sites excluding steroid dienone is 2. The first-order chi connectivity index (χ1) is 16.1. The number of ketones is 1. The molecule has 0 rings (SSSR count). The van der Waals surface area contributed by atoms with E-state index in [0.29, 0.717) is 6.42 Å². The molecule has 6 heteroatoms. The van der Waals surface area contributed by atoms with Crippen LogP contribution in [0, 0.1) is 23.7 Å². The third-order valence-corrected chi connectivity index (χ3v) is 13.1. The highest BCUT2D eigenvalue weighted by Gasteiger charge is 2.42. The molecule has 0 saturated carbocycles. The highest BCUT2D eigenvalue weighted by molar-refractivity contribution is 8.14. The second kappa shape index (κ2) is 13.9. The highest BCUT2D eigenvalue weighted by Crippen LogP contribution is 2.39. The second-order valence-corrected chi connectivity index (χ2v) is 19.9. The molecule has 0 amide bonds. The van der Waals surface area contributed by atoms with Gasteiger partial charge in [-0.3, -0.25) is 9.59 Å². The minimum atomic E-state index is -2.08. The van der Waals surface area contributed by atoms with Gasteiger partial charge in [-0.25, -0.2) is 0 Å². The van der Waals surface area contributed by atoms with E-state index in [0.717, 1.165) is 17.6 Å². The number of rotatable bonds is 13. The van der Waals surface area contributed by atoms with Crippen LogP contribution in [0.4, 0.5) is 0 Å². The molecule has 0 aliphatic rings. The summed E-state index contributed by atoms with van der Waals surface area (Å²) in [4.78, 5) is 26.0. The third kappa shape index (κ3) is 11.0. The predicted octanol–water partition coefficient (Wildman–Crippen LogP) is 8.21. The number of carbonyl (C=O) groups excluding carboxylic acids is 2. The van der Waals surface area contributed by atoms with Gasteiger partial charge in [0, 0.05) is 16.6 Å². The number of Topliss-reactive ketones (excluding diaryl/α,β-unsaturated/α-hetero) is 1. The number of aliphatic hydroxyl groups excluding tert-OH is 1. The molecule has 0 unspecified atom stereocenters. The van der Waals surface area contributed by atoms with Crippen molar-refractivity contribution in [2.45, 2.75) is 131 Å². The monoisotopic (exact) mass is 540 g/mol. The molecule has 0 aliphatic heterocycles. The fourth-order valence-corrected chi connectivity index (χ4v) is 6.32. The lowest BCUT2D eigenvalue weighted by Gasteiger charge is -2.41. The summed E-state index contributed by atoms with van der Waals surface area (Å²) >= 11 is 1.28. The molecule has 0 fully saturated rings. The van der Waals surface area contributed by atoms with Crippen molar-refractivity contribution in [2.75, 3.05) is 0 Å². The van der Waals surface area contributed by atoms with Gasteiger partial charge in [0.1, 0.15) is 5.78 Å². The Kier molecular flexibility index (Phi) is 13.6. The molecular weight excluding hydrogens is 484 g/mol. The van der Waals surface area contributed by atoms with E-state index in [-0.39, 0.29) is 44.5 Å². The summed E-state index contributed by atoms with van der Waals surface area (Å²) in [5.41, 5.74) is 2.02. The summed E-state index contributed by atoms with van der Waals surface area (Å²) in [6.45, 7) is 33.0. The lowest BCUT2D eigenvalue weighted by Crippen LogP contribution is -2.47. The Hall–Kier alpha value is -0.693. The van der Waals surface area contributed by atoms with E-state index in [1.54, 1.807) is 6.92 Å². The van der Waals surface area contributed by atoms with Crippen LogP contribution in [0.1, 0.15) is 95.9 Å². The number of hydrogen-bond acceptors (Lipinski definition) is 5. The van der Waals surface area contributed by atoms with Gasteiger partial charge in [0.2, 0.25) is 0 Å². The average molecular weight is 541 g/mol. The van der Waals surface area contributed by atoms with Crippen molar-refractivity contribution in [3.8, 4) is 0 Å². The zero-order chi connectivity index (χ0) is 28.8. The van der Waals surface area contributed by atoms with E-state index in [9.17, 15) is 14.7 Å². The highest BCUT2D eigenvalue weighted by atomic mass is 32.2. The number of thioether (sulfide) groups is 1. The Labute approximate surface area is 228 Å². The molecule has 0 aromatic rings. The molecule has 6 atom stereocenters. The minimum Gasteiger partial charge on any atom is -0.410 e. The molecule has 0 spiro atoms. The SMILES string of the molecule is C=C(CC)[C@@H](O[Si](C)(C)C(C)(C)C)[C@H](C)C(=O)[C@H](C)/C=C(\C)C[C@H](C)[C@@H](O)[C@@H](C)C(=O)SC(C)(C)C. The molecule has 0 aliphatic carbocycles. The van der Waals surface area contributed by atoms with E-state index >= 15 is 0 Å². The van der Waals surface area contributed by atoms with Crippen LogP contribution in [-0.4, -0.2) is 41.3 Å². The molecule has 0 saturated heterocycles. The molecule has 1 N–H and O–H groups in total. The van der Waals surface area contributed by atoms with Crippen LogP contribution in [0.5, 0.6) is 0 Å². The van der Waals surface area contributed by atoms with E-state index in [2.05, 4.69) is 47.4 Å². The van der Waals surface area contributed by atoms with Gasteiger partial charge in [-0.2, -0.15) is 0 Å². The lowest BCUT2D eigenvalue weighted by molar-refractivity contribution is -0.126. The maximum atomic E-state index is 13.5. The van der Waals surface area contributed by atoms with Crippen LogP contribution in [0.25, 0.3) is 0 Å². The first-order valence-corrected chi connectivity index (χ1v) is 17.3. The standard InChI is InChI=1S/C30H56O4SSi/c1-16-20(3)27(34-36(14,15)30(11,12)13)23(6)25(31)21(4)17-19(2)18-22(5)26(32)24(7)28(33)35-29(8,9)10/h17,21-24,26-27,32H,3,16,18H2,1-2,4-15H3/b19-17+/t21-,22+,23-,24-,26-,27-/m1/s1. The summed E-state index contributed by atoms with van der Waals surface area (Å²) in [7, 11) is -2.08. The Bertz CT molecular complexity index is 788. The maximum Gasteiger partial charge on any atom is 0.194 e. The van der Waals surface area contributed by atoms with Crippen LogP contribution in [0.2, 0.25) is 18.1 Å². The fourth-order valence-electron chi connectivity index (χ4n) is 4.03. The van der Waals surface area contributed by atoms with Gasteiger partial charge in [0.25, 0.3) is 0 Å². The molecule has 0 aromatic heterocycles. The van der Waals surface area contributed by atoms with Crippen molar-refractivity contribution >= 4 is 31.0 Å². The van der Waals surface area contributed by atoms with Crippen LogP contribution in [0.3, 0.4) is 0 Å². The first-order valence-electron chi connectivity index (χ1n) is 13.5. The van der Waals surface area contributed by atoms with Crippen LogP contribution in [0.15, 0.2) is 23.8 Å².